The van der Waals surface area contributed by atoms with E-state index in [4.69, 9.17) is 4.74 Å². The highest BCUT2D eigenvalue weighted by Crippen LogP contribution is 2.24. The fourth-order valence-corrected chi connectivity index (χ4v) is 2.44. The first-order chi connectivity index (χ1) is 7.79. The van der Waals surface area contributed by atoms with Crippen molar-refractivity contribution in [2.45, 2.75) is 19.8 Å². The molecule has 1 N–H and O–H groups in total. The molecule has 1 aliphatic heterocycles. The topological polar surface area (TPSA) is 21.3 Å². The van der Waals surface area contributed by atoms with Crippen LogP contribution in [0, 0.1) is 5.92 Å². The van der Waals surface area contributed by atoms with Crippen LogP contribution in [0.4, 0.5) is 0 Å². The van der Waals surface area contributed by atoms with Gasteiger partial charge in [0, 0.05) is 16.9 Å². The molecule has 0 unspecified atom stereocenters. The van der Waals surface area contributed by atoms with Gasteiger partial charge in [0.25, 0.3) is 0 Å². The van der Waals surface area contributed by atoms with Gasteiger partial charge in [-0.1, -0.05) is 22.9 Å². The average Bonchev–Trinajstić information content (AvgIpc) is 2.80. The highest BCUT2D eigenvalue weighted by molar-refractivity contribution is 9.10. The Morgan fingerprint density at radius 3 is 3.06 bits per heavy atom. The molecule has 0 saturated carbocycles. The highest BCUT2D eigenvalue weighted by atomic mass is 79.9. The summed E-state index contributed by atoms with van der Waals surface area (Å²) in [5.74, 6) is 1.71. The fourth-order valence-electron chi connectivity index (χ4n) is 2.03. The monoisotopic (exact) mass is 283 g/mol. The molecule has 2 nitrogen and oxygen atoms in total. The SMILES string of the molecule is CCc1cc(Br)ccc1OC[C@@H]1CCNC1. The van der Waals surface area contributed by atoms with Crippen molar-refractivity contribution in [3.8, 4) is 5.75 Å². The summed E-state index contributed by atoms with van der Waals surface area (Å²) >= 11 is 3.49. The van der Waals surface area contributed by atoms with Gasteiger partial charge in [-0.15, -0.1) is 0 Å². The van der Waals surface area contributed by atoms with Crippen LogP contribution < -0.4 is 10.1 Å². The van der Waals surface area contributed by atoms with Gasteiger partial charge in [0.2, 0.25) is 0 Å². The molecule has 0 spiro atoms. The minimum Gasteiger partial charge on any atom is -0.493 e. The van der Waals surface area contributed by atoms with E-state index < -0.39 is 0 Å². The van der Waals surface area contributed by atoms with Gasteiger partial charge in [0.05, 0.1) is 6.61 Å². The summed E-state index contributed by atoms with van der Waals surface area (Å²) in [6.45, 7) is 5.22. The van der Waals surface area contributed by atoms with Crippen molar-refractivity contribution in [3.63, 3.8) is 0 Å². The van der Waals surface area contributed by atoms with E-state index >= 15 is 0 Å². The molecule has 0 aliphatic carbocycles. The normalized spacial score (nSPS) is 20.0. The molecular weight excluding hydrogens is 266 g/mol. The predicted octanol–water partition coefficient (Wildman–Crippen LogP) is 3.00. The van der Waals surface area contributed by atoms with E-state index in [1.807, 2.05) is 6.07 Å². The molecule has 1 atom stereocenters. The van der Waals surface area contributed by atoms with Gasteiger partial charge in [-0.2, -0.15) is 0 Å². The maximum Gasteiger partial charge on any atom is 0.122 e. The number of hydrogen-bond acceptors (Lipinski definition) is 2. The lowest BCUT2D eigenvalue weighted by Gasteiger charge is -2.14. The maximum absolute atomic E-state index is 5.91. The number of hydrogen-bond donors (Lipinski definition) is 1. The lowest BCUT2D eigenvalue weighted by molar-refractivity contribution is 0.258. The number of ether oxygens (including phenoxy) is 1. The third-order valence-electron chi connectivity index (χ3n) is 3.04. The molecule has 2 rings (SSSR count). The van der Waals surface area contributed by atoms with Gasteiger partial charge in [0.1, 0.15) is 5.75 Å². The average molecular weight is 284 g/mol. The van der Waals surface area contributed by atoms with E-state index in [-0.39, 0.29) is 0 Å². The molecule has 1 aliphatic rings. The first-order valence-electron chi connectivity index (χ1n) is 5.91. The van der Waals surface area contributed by atoms with Crippen LogP contribution in [0.2, 0.25) is 0 Å². The van der Waals surface area contributed by atoms with Gasteiger partial charge in [-0.3, -0.25) is 0 Å². The summed E-state index contributed by atoms with van der Waals surface area (Å²) in [5.41, 5.74) is 1.28. The molecule has 88 valence electrons. The molecule has 1 fully saturated rings. The molecule has 0 radical (unpaired) electrons. The third kappa shape index (κ3) is 2.98. The zero-order valence-corrected chi connectivity index (χ0v) is 11.2. The Morgan fingerprint density at radius 2 is 2.38 bits per heavy atom. The largest absolute Gasteiger partial charge is 0.493 e. The Labute approximate surface area is 106 Å². The van der Waals surface area contributed by atoms with Crippen molar-refractivity contribution in [1.82, 2.24) is 5.32 Å². The number of nitrogens with one attached hydrogen (secondary N) is 1. The predicted molar refractivity (Wildman–Crippen MR) is 70.0 cm³/mol. The summed E-state index contributed by atoms with van der Waals surface area (Å²) in [7, 11) is 0. The van der Waals surface area contributed by atoms with Crippen molar-refractivity contribution in [2.24, 2.45) is 5.92 Å². The fraction of sp³-hybridized carbons (Fsp3) is 0.538. The molecule has 1 heterocycles. The number of rotatable bonds is 4. The van der Waals surface area contributed by atoms with E-state index in [0.29, 0.717) is 5.92 Å². The van der Waals surface area contributed by atoms with Gasteiger partial charge >= 0.3 is 0 Å². The third-order valence-corrected chi connectivity index (χ3v) is 3.53. The molecule has 0 bridgehead atoms. The number of halogens is 1. The minimum absolute atomic E-state index is 0.674. The second kappa shape index (κ2) is 5.69. The second-order valence-corrected chi connectivity index (χ2v) is 5.19. The van der Waals surface area contributed by atoms with E-state index in [9.17, 15) is 0 Å². The highest BCUT2D eigenvalue weighted by Gasteiger charge is 2.15. The molecule has 3 heteroatoms. The summed E-state index contributed by atoms with van der Waals surface area (Å²) in [5, 5.41) is 3.36. The van der Waals surface area contributed by atoms with Gasteiger partial charge in [-0.25, -0.2) is 0 Å². The van der Waals surface area contributed by atoms with E-state index in [1.54, 1.807) is 0 Å². The van der Waals surface area contributed by atoms with Crippen LogP contribution in [0.1, 0.15) is 18.9 Å². The quantitative estimate of drug-likeness (QED) is 0.917. The van der Waals surface area contributed by atoms with Crippen molar-refractivity contribution in [3.05, 3.63) is 28.2 Å². The Kier molecular flexibility index (Phi) is 4.24. The Morgan fingerprint density at radius 1 is 1.50 bits per heavy atom. The standard InChI is InChI=1S/C13H18BrNO/c1-2-11-7-12(14)3-4-13(11)16-9-10-5-6-15-8-10/h3-4,7,10,15H,2,5-6,8-9H2,1H3/t10-/m1/s1. The molecule has 1 aromatic rings. The van der Waals surface area contributed by atoms with Crippen molar-refractivity contribution >= 4 is 15.9 Å². The van der Waals surface area contributed by atoms with Crippen LogP contribution >= 0.6 is 15.9 Å². The van der Waals surface area contributed by atoms with E-state index in [0.717, 1.165) is 36.3 Å². The number of aryl methyl sites for hydroxylation is 1. The minimum atomic E-state index is 0.674. The molecule has 0 aromatic heterocycles. The Bertz CT molecular complexity index is 348. The summed E-state index contributed by atoms with van der Waals surface area (Å²) in [6.07, 6.45) is 2.25. The molecule has 16 heavy (non-hydrogen) atoms. The van der Waals surface area contributed by atoms with Crippen LogP contribution in [0.5, 0.6) is 5.75 Å². The lowest BCUT2D eigenvalue weighted by atomic mass is 10.1. The van der Waals surface area contributed by atoms with Gasteiger partial charge in [-0.05, 0) is 43.1 Å². The Hall–Kier alpha value is -0.540. The van der Waals surface area contributed by atoms with Crippen LogP contribution in [0.15, 0.2) is 22.7 Å². The van der Waals surface area contributed by atoms with Crippen molar-refractivity contribution in [2.75, 3.05) is 19.7 Å². The first kappa shape index (κ1) is 11.9. The van der Waals surface area contributed by atoms with Crippen LogP contribution in [0.25, 0.3) is 0 Å². The smallest absolute Gasteiger partial charge is 0.122 e. The second-order valence-electron chi connectivity index (χ2n) is 4.28. The van der Waals surface area contributed by atoms with Crippen molar-refractivity contribution < 1.29 is 4.74 Å². The van der Waals surface area contributed by atoms with Gasteiger partial charge in [0.15, 0.2) is 0 Å². The zero-order valence-electron chi connectivity index (χ0n) is 9.63. The zero-order chi connectivity index (χ0) is 11.4. The van der Waals surface area contributed by atoms with Crippen LogP contribution in [0.3, 0.4) is 0 Å². The van der Waals surface area contributed by atoms with E-state index in [1.165, 1.54) is 12.0 Å². The first-order valence-corrected chi connectivity index (χ1v) is 6.71. The van der Waals surface area contributed by atoms with Gasteiger partial charge < -0.3 is 10.1 Å². The summed E-state index contributed by atoms with van der Waals surface area (Å²) in [4.78, 5) is 0. The van der Waals surface area contributed by atoms with Crippen molar-refractivity contribution in [1.29, 1.82) is 0 Å². The van der Waals surface area contributed by atoms with E-state index in [2.05, 4.69) is 40.3 Å². The summed E-state index contributed by atoms with van der Waals surface area (Å²) in [6, 6.07) is 6.24. The Balaban J connectivity index is 1.97. The van der Waals surface area contributed by atoms with Crippen LogP contribution in [-0.2, 0) is 6.42 Å². The molecule has 1 aromatic carbocycles. The van der Waals surface area contributed by atoms with Crippen LogP contribution in [-0.4, -0.2) is 19.7 Å². The molecule has 1 saturated heterocycles. The summed E-state index contributed by atoms with van der Waals surface area (Å²) < 4.78 is 7.03. The molecular formula is C13H18BrNO. The maximum atomic E-state index is 5.91. The molecule has 0 amide bonds. The number of benzene rings is 1. The lowest BCUT2D eigenvalue weighted by Crippen LogP contribution is -2.15.